The van der Waals surface area contributed by atoms with E-state index in [1.165, 1.54) is 0 Å². The van der Waals surface area contributed by atoms with Gasteiger partial charge in [0.15, 0.2) is 0 Å². The summed E-state index contributed by atoms with van der Waals surface area (Å²) in [6.07, 6.45) is 3.82. The van der Waals surface area contributed by atoms with Crippen LogP contribution >= 0.6 is 0 Å². The molecule has 0 N–H and O–H groups in total. The second kappa shape index (κ2) is 4.19. The van der Waals surface area contributed by atoms with Crippen LogP contribution in [0.15, 0.2) is 12.3 Å². The van der Waals surface area contributed by atoms with Crippen LogP contribution in [0.5, 0.6) is 0 Å². The molecule has 0 aromatic carbocycles. The molecule has 0 atom stereocenters. The van der Waals surface area contributed by atoms with Crippen molar-refractivity contribution in [3.63, 3.8) is 0 Å². The molecule has 0 saturated heterocycles. The molecule has 66 valence electrons. The molecule has 0 spiro atoms. The van der Waals surface area contributed by atoms with Crippen molar-refractivity contribution in [2.24, 2.45) is 5.92 Å². The molecule has 1 aromatic rings. The largest absolute Gasteiger partial charge is 0.241 e. The minimum Gasteiger partial charge on any atom is -0.241 e. The Balaban J connectivity index is 2.72. The van der Waals surface area contributed by atoms with Gasteiger partial charge in [0.2, 0.25) is 0 Å². The Morgan fingerprint density at radius 1 is 1.42 bits per heavy atom. The summed E-state index contributed by atoms with van der Waals surface area (Å²) in [6.45, 7) is 6.48. The zero-order chi connectivity index (χ0) is 8.97. The highest BCUT2D eigenvalue weighted by atomic mass is 14.9. The van der Waals surface area contributed by atoms with Crippen LogP contribution < -0.4 is 0 Å². The lowest BCUT2D eigenvalue weighted by molar-refractivity contribution is 0.617. The van der Waals surface area contributed by atoms with E-state index >= 15 is 0 Å². The molecule has 0 fully saturated rings. The van der Waals surface area contributed by atoms with Crippen LogP contribution in [0, 0.1) is 5.92 Å². The standard InChI is InChI=1S/C10H16N2/c1-4-9-5-6-11-10(12-9)7-8(2)3/h5-6,8H,4,7H2,1-3H3. The van der Waals surface area contributed by atoms with Crippen molar-refractivity contribution >= 4 is 0 Å². The Bertz CT molecular complexity index is 243. The quantitative estimate of drug-likeness (QED) is 0.684. The number of hydrogen-bond donors (Lipinski definition) is 0. The van der Waals surface area contributed by atoms with Gasteiger partial charge in [-0.2, -0.15) is 0 Å². The van der Waals surface area contributed by atoms with Crippen LogP contribution in [-0.2, 0) is 12.8 Å². The van der Waals surface area contributed by atoms with E-state index in [1.54, 1.807) is 0 Å². The van der Waals surface area contributed by atoms with Crippen molar-refractivity contribution in [3.8, 4) is 0 Å². The van der Waals surface area contributed by atoms with Crippen molar-refractivity contribution in [2.75, 3.05) is 0 Å². The summed E-state index contributed by atoms with van der Waals surface area (Å²) in [7, 11) is 0. The average Bonchev–Trinajstić information content (AvgIpc) is 2.03. The first-order valence-corrected chi connectivity index (χ1v) is 4.53. The first-order valence-electron chi connectivity index (χ1n) is 4.53. The molecule has 0 amide bonds. The lowest BCUT2D eigenvalue weighted by Crippen LogP contribution is -2.02. The van der Waals surface area contributed by atoms with Gasteiger partial charge in [-0.1, -0.05) is 20.8 Å². The average molecular weight is 164 g/mol. The molecule has 0 aliphatic rings. The van der Waals surface area contributed by atoms with Gasteiger partial charge in [0, 0.05) is 18.3 Å². The molecule has 2 heteroatoms. The topological polar surface area (TPSA) is 25.8 Å². The molecule has 0 unspecified atom stereocenters. The third-order valence-electron chi connectivity index (χ3n) is 1.72. The normalized spacial score (nSPS) is 10.7. The number of rotatable bonds is 3. The monoisotopic (exact) mass is 164 g/mol. The van der Waals surface area contributed by atoms with Gasteiger partial charge in [-0.05, 0) is 18.4 Å². The highest BCUT2D eigenvalue weighted by molar-refractivity contribution is 5.02. The van der Waals surface area contributed by atoms with E-state index in [2.05, 4.69) is 30.7 Å². The Morgan fingerprint density at radius 2 is 2.17 bits per heavy atom. The molecule has 2 nitrogen and oxygen atoms in total. The third-order valence-corrected chi connectivity index (χ3v) is 1.72. The van der Waals surface area contributed by atoms with E-state index in [9.17, 15) is 0 Å². The summed E-state index contributed by atoms with van der Waals surface area (Å²) in [5, 5.41) is 0. The molecule has 1 aromatic heterocycles. The summed E-state index contributed by atoms with van der Waals surface area (Å²) >= 11 is 0. The SMILES string of the molecule is CCc1ccnc(CC(C)C)n1. The minimum atomic E-state index is 0.636. The maximum atomic E-state index is 4.42. The third kappa shape index (κ3) is 2.61. The van der Waals surface area contributed by atoms with Crippen molar-refractivity contribution in [1.82, 2.24) is 9.97 Å². The van der Waals surface area contributed by atoms with E-state index in [4.69, 9.17) is 0 Å². The van der Waals surface area contributed by atoms with Crippen LogP contribution in [0.1, 0.15) is 32.3 Å². The molecular formula is C10H16N2. The summed E-state index contributed by atoms with van der Waals surface area (Å²) in [4.78, 5) is 8.64. The van der Waals surface area contributed by atoms with Gasteiger partial charge in [0.1, 0.15) is 5.82 Å². The molecular weight excluding hydrogens is 148 g/mol. The van der Waals surface area contributed by atoms with Gasteiger partial charge < -0.3 is 0 Å². The van der Waals surface area contributed by atoms with E-state index in [0.29, 0.717) is 5.92 Å². The van der Waals surface area contributed by atoms with Crippen molar-refractivity contribution in [3.05, 3.63) is 23.8 Å². The number of nitrogens with zero attached hydrogens (tertiary/aromatic N) is 2. The zero-order valence-corrected chi connectivity index (χ0v) is 8.04. The Hall–Kier alpha value is -0.920. The van der Waals surface area contributed by atoms with Crippen LogP contribution in [-0.4, -0.2) is 9.97 Å². The molecule has 0 radical (unpaired) electrons. The maximum Gasteiger partial charge on any atom is 0.128 e. The summed E-state index contributed by atoms with van der Waals surface area (Å²) in [5.41, 5.74) is 1.14. The van der Waals surface area contributed by atoms with Crippen molar-refractivity contribution in [1.29, 1.82) is 0 Å². The van der Waals surface area contributed by atoms with Gasteiger partial charge in [-0.15, -0.1) is 0 Å². The van der Waals surface area contributed by atoms with Gasteiger partial charge in [-0.3, -0.25) is 0 Å². The molecule has 12 heavy (non-hydrogen) atoms. The Morgan fingerprint density at radius 3 is 2.75 bits per heavy atom. The van der Waals surface area contributed by atoms with E-state index in [1.807, 2.05) is 12.3 Å². The summed E-state index contributed by atoms with van der Waals surface area (Å²) < 4.78 is 0. The Kier molecular flexibility index (Phi) is 3.20. The highest BCUT2D eigenvalue weighted by Gasteiger charge is 2.00. The van der Waals surface area contributed by atoms with Crippen molar-refractivity contribution < 1.29 is 0 Å². The van der Waals surface area contributed by atoms with Gasteiger partial charge in [0.05, 0.1) is 0 Å². The first-order chi connectivity index (χ1) is 5.72. The second-order valence-electron chi connectivity index (χ2n) is 3.42. The summed E-state index contributed by atoms with van der Waals surface area (Å²) in [6, 6.07) is 1.98. The second-order valence-corrected chi connectivity index (χ2v) is 3.42. The fourth-order valence-corrected chi connectivity index (χ4v) is 1.10. The van der Waals surface area contributed by atoms with Crippen LogP contribution in [0.2, 0.25) is 0 Å². The van der Waals surface area contributed by atoms with Gasteiger partial charge in [-0.25, -0.2) is 9.97 Å². The van der Waals surface area contributed by atoms with Gasteiger partial charge in [0.25, 0.3) is 0 Å². The van der Waals surface area contributed by atoms with E-state index in [0.717, 1.165) is 24.4 Å². The lowest BCUT2D eigenvalue weighted by Gasteiger charge is -2.03. The first kappa shape index (κ1) is 9.17. The van der Waals surface area contributed by atoms with Crippen LogP contribution in [0.3, 0.4) is 0 Å². The summed E-state index contributed by atoms with van der Waals surface area (Å²) in [5.74, 6) is 1.61. The number of hydrogen-bond acceptors (Lipinski definition) is 2. The predicted molar refractivity (Wildman–Crippen MR) is 50.0 cm³/mol. The number of aryl methyl sites for hydroxylation is 1. The van der Waals surface area contributed by atoms with Gasteiger partial charge >= 0.3 is 0 Å². The van der Waals surface area contributed by atoms with Crippen LogP contribution in [0.4, 0.5) is 0 Å². The zero-order valence-electron chi connectivity index (χ0n) is 8.04. The lowest BCUT2D eigenvalue weighted by atomic mass is 10.1. The molecule has 0 aliphatic carbocycles. The smallest absolute Gasteiger partial charge is 0.128 e. The molecule has 1 heterocycles. The highest BCUT2D eigenvalue weighted by Crippen LogP contribution is 2.03. The number of aromatic nitrogens is 2. The molecule has 1 rings (SSSR count). The molecule has 0 aliphatic heterocycles. The molecule has 0 bridgehead atoms. The minimum absolute atomic E-state index is 0.636. The Labute approximate surface area is 74.1 Å². The predicted octanol–water partition coefficient (Wildman–Crippen LogP) is 2.24. The van der Waals surface area contributed by atoms with Crippen molar-refractivity contribution in [2.45, 2.75) is 33.6 Å². The maximum absolute atomic E-state index is 4.42. The fourth-order valence-electron chi connectivity index (χ4n) is 1.10. The molecule has 0 saturated carbocycles. The van der Waals surface area contributed by atoms with E-state index in [-0.39, 0.29) is 0 Å². The van der Waals surface area contributed by atoms with Crippen LogP contribution in [0.25, 0.3) is 0 Å². The fraction of sp³-hybridized carbons (Fsp3) is 0.600. The van der Waals surface area contributed by atoms with E-state index < -0.39 is 0 Å².